The van der Waals surface area contributed by atoms with E-state index in [9.17, 15) is 0 Å². The molecule has 1 nitrogen and oxygen atoms in total. The normalized spacial score (nSPS) is 18.8. The summed E-state index contributed by atoms with van der Waals surface area (Å²) in [5, 5.41) is 0. The van der Waals surface area contributed by atoms with Crippen LogP contribution in [0.1, 0.15) is 40.2 Å². The fourth-order valence-corrected chi connectivity index (χ4v) is 4.72. The van der Waals surface area contributed by atoms with E-state index in [2.05, 4.69) is 52.8 Å². The molecule has 0 amide bonds. The van der Waals surface area contributed by atoms with Crippen molar-refractivity contribution in [1.82, 2.24) is 0 Å². The summed E-state index contributed by atoms with van der Waals surface area (Å²) in [7, 11) is 1.73. The highest BCUT2D eigenvalue weighted by atomic mass is 32.2. The van der Waals surface area contributed by atoms with E-state index in [-0.39, 0.29) is 10.8 Å². The molecule has 2 heteroatoms. The smallest absolute Gasteiger partial charge is 0.119 e. The minimum Gasteiger partial charge on any atom is -0.497 e. The molecule has 104 valence electrons. The zero-order chi connectivity index (χ0) is 14.3. The van der Waals surface area contributed by atoms with Gasteiger partial charge in [0.05, 0.1) is 7.11 Å². The van der Waals surface area contributed by atoms with Gasteiger partial charge in [-0.1, -0.05) is 46.8 Å². The third-order valence-corrected chi connectivity index (χ3v) is 5.16. The van der Waals surface area contributed by atoms with Crippen molar-refractivity contribution in [3.05, 3.63) is 35.4 Å². The minimum absolute atomic E-state index is 0.200. The molecule has 1 aromatic rings. The monoisotopic (exact) mass is 276 g/mol. The number of rotatable bonds is 2. The molecule has 19 heavy (non-hydrogen) atoms. The maximum Gasteiger partial charge on any atom is 0.119 e. The van der Waals surface area contributed by atoms with Gasteiger partial charge in [-0.2, -0.15) is 0 Å². The van der Waals surface area contributed by atoms with Crippen molar-refractivity contribution in [2.75, 3.05) is 12.9 Å². The summed E-state index contributed by atoms with van der Waals surface area (Å²) >= 11 is 1.98. The summed E-state index contributed by atoms with van der Waals surface area (Å²) in [6.07, 6.45) is 0. The van der Waals surface area contributed by atoms with E-state index in [1.54, 1.807) is 12.7 Å². The first-order valence-corrected chi connectivity index (χ1v) is 7.77. The quantitative estimate of drug-likeness (QED) is 0.732. The van der Waals surface area contributed by atoms with Gasteiger partial charge in [-0.15, -0.1) is 11.8 Å². The number of thioether (sulfide) groups is 1. The second-order valence-electron chi connectivity index (χ2n) is 6.86. The zero-order valence-corrected chi connectivity index (χ0v) is 13.6. The maximum atomic E-state index is 5.36. The SMILES string of the molecule is COc1cccc(C2=C(C(C)(C)C)C(C)(C)CS2)c1. The highest BCUT2D eigenvalue weighted by Gasteiger charge is 2.39. The number of hydrogen-bond acceptors (Lipinski definition) is 2. The Kier molecular flexibility index (Phi) is 3.74. The highest BCUT2D eigenvalue weighted by molar-refractivity contribution is 8.08. The van der Waals surface area contributed by atoms with Crippen LogP contribution in [0.2, 0.25) is 0 Å². The number of ether oxygens (including phenoxy) is 1. The standard InChI is InChI=1S/C17H24OS/c1-16(2,3)15-14(19-11-17(15,4)5)12-8-7-9-13(10-12)18-6/h7-10H,11H2,1-6H3. The summed E-state index contributed by atoms with van der Waals surface area (Å²) < 4.78 is 5.36. The highest BCUT2D eigenvalue weighted by Crippen LogP contribution is 2.55. The second kappa shape index (κ2) is 4.90. The van der Waals surface area contributed by atoms with Crippen LogP contribution in [-0.2, 0) is 0 Å². The van der Waals surface area contributed by atoms with E-state index in [1.165, 1.54) is 10.5 Å². The predicted molar refractivity (Wildman–Crippen MR) is 85.6 cm³/mol. The number of allylic oxidation sites excluding steroid dienone is 1. The minimum atomic E-state index is 0.200. The molecule has 1 aliphatic heterocycles. The van der Waals surface area contributed by atoms with Gasteiger partial charge in [0, 0.05) is 10.7 Å². The molecule has 0 bridgehead atoms. The van der Waals surface area contributed by atoms with Gasteiger partial charge < -0.3 is 4.74 Å². The van der Waals surface area contributed by atoms with E-state index in [1.807, 2.05) is 17.8 Å². The largest absolute Gasteiger partial charge is 0.497 e. The van der Waals surface area contributed by atoms with Crippen LogP contribution in [0, 0.1) is 10.8 Å². The Morgan fingerprint density at radius 1 is 1.21 bits per heavy atom. The third-order valence-electron chi connectivity index (χ3n) is 3.56. The molecule has 0 fully saturated rings. The molecule has 0 aromatic heterocycles. The Hall–Kier alpha value is -0.890. The van der Waals surface area contributed by atoms with Crippen molar-refractivity contribution in [2.45, 2.75) is 34.6 Å². The number of hydrogen-bond donors (Lipinski definition) is 0. The van der Waals surface area contributed by atoms with E-state index < -0.39 is 0 Å². The van der Waals surface area contributed by atoms with E-state index in [0.29, 0.717) is 0 Å². The van der Waals surface area contributed by atoms with Crippen LogP contribution in [0.5, 0.6) is 5.75 Å². The van der Waals surface area contributed by atoms with Gasteiger partial charge in [-0.05, 0) is 34.1 Å². The van der Waals surface area contributed by atoms with Crippen LogP contribution in [0.15, 0.2) is 29.8 Å². The van der Waals surface area contributed by atoms with Gasteiger partial charge >= 0.3 is 0 Å². The van der Waals surface area contributed by atoms with E-state index in [4.69, 9.17) is 4.74 Å². The lowest BCUT2D eigenvalue weighted by Gasteiger charge is -2.33. The van der Waals surface area contributed by atoms with Crippen LogP contribution in [0.25, 0.3) is 4.91 Å². The Morgan fingerprint density at radius 3 is 2.47 bits per heavy atom. The van der Waals surface area contributed by atoms with Gasteiger partial charge in [-0.3, -0.25) is 0 Å². The lowest BCUT2D eigenvalue weighted by molar-refractivity contribution is 0.376. The molecule has 1 aromatic carbocycles. The first kappa shape index (κ1) is 14.5. The molecule has 0 radical (unpaired) electrons. The molecular weight excluding hydrogens is 252 g/mol. The van der Waals surface area contributed by atoms with Gasteiger partial charge in [0.15, 0.2) is 0 Å². The second-order valence-corrected chi connectivity index (χ2v) is 7.84. The van der Waals surface area contributed by atoms with Crippen molar-refractivity contribution in [2.24, 2.45) is 10.8 Å². The third kappa shape index (κ3) is 2.84. The molecule has 1 aliphatic rings. The van der Waals surface area contributed by atoms with Gasteiger partial charge in [-0.25, -0.2) is 0 Å². The van der Waals surface area contributed by atoms with Crippen LogP contribution in [0.3, 0.4) is 0 Å². The summed E-state index contributed by atoms with van der Waals surface area (Å²) in [6.45, 7) is 11.7. The van der Waals surface area contributed by atoms with Crippen LogP contribution >= 0.6 is 11.8 Å². The van der Waals surface area contributed by atoms with Crippen molar-refractivity contribution in [1.29, 1.82) is 0 Å². The number of benzene rings is 1. The molecule has 0 unspecified atom stereocenters. The van der Waals surface area contributed by atoms with Gasteiger partial charge in [0.2, 0.25) is 0 Å². The van der Waals surface area contributed by atoms with Crippen molar-refractivity contribution >= 4 is 16.7 Å². The maximum absolute atomic E-state index is 5.36. The summed E-state index contributed by atoms with van der Waals surface area (Å²) in [6, 6.07) is 8.42. The summed E-state index contributed by atoms with van der Waals surface area (Å²) in [5.74, 6) is 2.09. The molecule has 0 aliphatic carbocycles. The molecule has 0 saturated carbocycles. The molecule has 0 spiro atoms. The zero-order valence-electron chi connectivity index (χ0n) is 12.8. The molecule has 0 saturated heterocycles. The Bertz CT molecular complexity index is 506. The Labute approximate surface area is 121 Å². The predicted octanol–water partition coefficient (Wildman–Crippen LogP) is 5.23. The summed E-state index contributed by atoms with van der Waals surface area (Å²) in [5.41, 5.74) is 3.32. The van der Waals surface area contributed by atoms with Crippen LogP contribution < -0.4 is 4.74 Å². The summed E-state index contributed by atoms with van der Waals surface area (Å²) in [4.78, 5) is 1.44. The topological polar surface area (TPSA) is 9.23 Å². The van der Waals surface area contributed by atoms with E-state index >= 15 is 0 Å². The first-order valence-electron chi connectivity index (χ1n) is 6.78. The van der Waals surface area contributed by atoms with Gasteiger partial charge in [0.1, 0.15) is 5.75 Å². The number of methoxy groups -OCH3 is 1. The molecule has 0 atom stereocenters. The Balaban J connectivity index is 2.57. The van der Waals surface area contributed by atoms with Crippen LogP contribution in [-0.4, -0.2) is 12.9 Å². The lowest BCUT2D eigenvalue weighted by Crippen LogP contribution is -2.24. The fourth-order valence-electron chi connectivity index (χ4n) is 3.05. The molecule has 1 heterocycles. The molecule has 2 rings (SSSR count). The van der Waals surface area contributed by atoms with Crippen molar-refractivity contribution < 1.29 is 4.74 Å². The van der Waals surface area contributed by atoms with Crippen molar-refractivity contribution in [3.8, 4) is 5.75 Å². The fraction of sp³-hybridized carbons (Fsp3) is 0.529. The molecular formula is C17H24OS. The van der Waals surface area contributed by atoms with Gasteiger partial charge in [0.25, 0.3) is 0 Å². The average molecular weight is 276 g/mol. The van der Waals surface area contributed by atoms with Crippen molar-refractivity contribution in [3.63, 3.8) is 0 Å². The van der Waals surface area contributed by atoms with E-state index in [0.717, 1.165) is 11.5 Å². The Morgan fingerprint density at radius 2 is 1.89 bits per heavy atom. The average Bonchev–Trinajstić information content (AvgIpc) is 2.65. The lowest BCUT2D eigenvalue weighted by atomic mass is 9.71. The molecule has 0 N–H and O–H groups in total. The van der Waals surface area contributed by atoms with Crippen LogP contribution in [0.4, 0.5) is 0 Å². The first-order chi connectivity index (χ1) is 8.75.